The Morgan fingerprint density at radius 2 is 1.41 bits per heavy atom. The average molecular weight is 460 g/mol. The number of carbonyl (C=O) groups is 2. The van der Waals surface area contributed by atoms with Gasteiger partial charge in [-0.15, -0.1) is 0 Å². The van der Waals surface area contributed by atoms with Gasteiger partial charge in [0.1, 0.15) is 5.92 Å². The molecule has 0 N–H and O–H groups in total. The van der Waals surface area contributed by atoms with Crippen molar-refractivity contribution in [2.75, 3.05) is 9.96 Å². The van der Waals surface area contributed by atoms with E-state index in [1.165, 1.54) is 47.5 Å². The highest BCUT2D eigenvalue weighted by atomic mass is 16.7. The first-order valence-electron chi connectivity index (χ1n) is 10.2. The van der Waals surface area contributed by atoms with Crippen molar-refractivity contribution in [1.82, 2.24) is 0 Å². The van der Waals surface area contributed by atoms with Gasteiger partial charge in [0, 0.05) is 24.3 Å². The summed E-state index contributed by atoms with van der Waals surface area (Å²) < 4.78 is 0. The zero-order valence-electron chi connectivity index (χ0n) is 17.4. The first-order chi connectivity index (χ1) is 16.4. The maximum absolute atomic E-state index is 13.5. The second-order valence-corrected chi connectivity index (χ2v) is 7.80. The number of benzene rings is 3. The molecule has 170 valence electrons. The number of nitro groups is 2. The number of para-hydroxylation sites is 1. The minimum absolute atomic E-state index is 0.155. The molecule has 2 aliphatic heterocycles. The number of fused-ring (bicyclic) bond motifs is 1. The SMILES string of the molecule is O=C1[C@H]2[C@@H](ON(c3ccccc3)[C@H]2c2cccc([N+](=O)[O-])c2)C(=O)N1c1ccc([N+](=O)[O-])cc1. The molecule has 0 aliphatic carbocycles. The molecule has 0 unspecified atom stereocenters. The highest BCUT2D eigenvalue weighted by molar-refractivity contribution is 6.24. The zero-order chi connectivity index (χ0) is 24.0. The van der Waals surface area contributed by atoms with Crippen LogP contribution < -0.4 is 9.96 Å². The van der Waals surface area contributed by atoms with Crippen molar-refractivity contribution in [3.8, 4) is 0 Å². The number of hydrogen-bond acceptors (Lipinski definition) is 8. The van der Waals surface area contributed by atoms with Crippen LogP contribution in [0.1, 0.15) is 11.6 Å². The van der Waals surface area contributed by atoms with E-state index < -0.39 is 39.7 Å². The second kappa shape index (κ2) is 8.05. The normalized spacial score (nSPS) is 21.6. The van der Waals surface area contributed by atoms with E-state index in [0.717, 1.165) is 4.90 Å². The summed E-state index contributed by atoms with van der Waals surface area (Å²) in [5.74, 6) is -2.15. The largest absolute Gasteiger partial charge is 0.273 e. The molecule has 5 rings (SSSR count). The summed E-state index contributed by atoms with van der Waals surface area (Å²) >= 11 is 0. The second-order valence-electron chi connectivity index (χ2n) is 7.80. The molecule has 2 saturated heterocycles. The third-order valence-electron chi connectivity index (χ3n) is 5.87. The minimum Gasteiger partial charge on any atom is -0.273 e. The standard InChI is InChI=1S/C23H16N4O7/c28-22-19-20(14-5-4-8-18(13-14)27(32)33)25(16-6-2-1-3-7-16)34-21(19)23(29)24(22)15-9-11-17(12-10-15)26(30)31/h1-13,19-21H/t19-,20+,21-/m1/s1. The number of anilines is 2. The number of carbonyl (C=O) groups excluding carboxylic acids is 2. The van der Waals surface area contributed by atoms with Gasteiger partial charge in [-0.2, -0.15) is 0 Å². The van der Waals surface area contributed by atoms with Crippen LogP contribution in [0.15, 0.2) is 78.9 Å². The van der Waals surface area contributed by atoms with E-state index in [-0.39, 0.29) is 17.1 Å². The van der Waals surface area contributed by atoms with Crippen LogP contribution in [0.25, 0.3) is 0 Å². The van der Waals surface area contributed by atoms with Gasteiger partial charge in [-0.1, -0.05) is 30.3 Å². The summed E-state index contributed by atoms with van der Waals surface area (Å²) in [5, 5.41) is 23.8. The number of nitrogens with zero attached hydrogens (tertiary/aromatic N) is 4. The molecule has 0 saturated carbocycles. The predicted molar refractivity (Wildman–Crippen MR) is 119 cm³/mol. The Bertz CT molecular complexity index is 1310. The van der Waals surface area contributed by atoms with Crippen molar-refractivity contribution in [2.24, 2.45) is 5.92 Å². The summed E-state index contributed by atoms with van der Waals surface area (Å²) in [6, 6.07) is 18.9. The van der Waals surface area contributed by atoms with E-state index in [2.05, 4.69) is 0 Å². The van der Waals surface area contributed by atoms with Gasteiger partial charge in [0.05, 0.1) is 27.3 Å². The Balaban J connectivity index is 1.57. The highest BCUT2D eigenvalue weighted by Crippen LogP contribution is 2.48. The van der Waals surface area contributed by atoms with Crippen LogP contribution in [0.3, 0.4) is 0 Å². The lowest BCUT2D eigenvalue weighted by molar-refractivity contribution is -0.385. The van der Waals surface area contributed by atoms with Gasteiger partial charge in [-0.25, -0.2) is 9.96 Å². The first kappa shape index (κ1) is 21.2. The minimum atomic E-state index is -1.16. The van der Waals surface area contributed by atoms with Gasteiger partial charge in [-0.05, 0) is 29.8 Å². The summed E-state index contributed by atoms with van der Waals surface area (Å²) in [6.07, 6.45) is -1.16. The third-order valence-corrected chi connectivity index (χ3v) is 5.87. The Morgan fingerprint density at radius 1 is 0.735 bits per heavy atom. The molecule has 0 radical (unpaired) electrons. The number of rotatable bonds is 5. The molecule has 11 nitrogen and oxygen atoms in total. The summed E-state index contributed by atoms with van der Waals surface area (Å²) in [5.41, 5.74) is 0.873. The summed E-state index contributed by atoms with van der Waals surface area (Å²) in [7, 11) is 0. The van der Waals surface area contributed by atoms with E-state index in [1.54, 1.807) is 36.4 Å². The van der Waals surface area contributed by atoms with Crippen LogP contribution in [-0.2, 0) is 14.4 Å². The fraction of sp³-hybridized carbons (Fsp3) is 0.130. The molecule has 3 aromatic rings. The molecule has 3 aromatic carbocycles. The number of nitro benzene ring substituents is 2. The molecule has 2 amide bonds. The number of imide groups is 1. The van der Waals surface area contributed by atoms with Crippen molar-refractivity contribution in [1.29, 1.82) is 0 Å². The molecule has 0 spiro atoms. The first-order valence-corrected chi connectivity index (χ1v) is 10.2. The fourth-order valence-corrected chi connectivity index (χ4v) is 4.35. The smallest absolute Gasteiger partial charge is 0.269 e. The molecular formula is C23H16N4O7. The summed E-state index contributed by atoms with van der Waals surface area (Å²) in [4.78, 5) is 54.9. The van der Waals surface area contributed by atoms with Gasteiger partial charge in [-0.3, -0.25) is 34.7 Å². The van der Waals surface area contributed by atoms with Crippen LogP contribution in [0.5, 0.6) is 0 Å². The molecular weight excluding hydrogens is 444 g/mol. The molecule has 3 atom stereocenters. The van der Waals surface area contributed by atoms with E-state index in [0.29, 0.717) is 11.3 Å². The lowest BCUT2D eigenvalue weighted by Gasteiger charge is -2.28. The molecule has 11 heteroatoms. The molecule has 34 heavy (non-hydrogen) atoms. The Kier molecular flexibility index (Phi) is 5.02. The molecule has 2 aliphatic rings. The van der Waals surface area contributed by atoms with Gasteiger partial charge in [0.25, 0.3) is 17.3 Å². The van der Waals surface area contributed by atoms with Crippen molar-refractivity contribution >= 4 is 34.6 Å². The lowest BCUT2D eigenvalue weighted by Crippen LogP contribution is -2.37. The van der Waals surface area contributed by atoms with E-state index in [9.17, 15) is 29.8 Å². The zero-order valence-corrected chi connectivity index (χ0v) is 17.4. The van der Waals surface area contributed by atoms with Crippen LogP contribution in [0.4, 0.5) is 22.7 Å². The van der Waals surface area contributed by atoms with Crippen LogP contribution in [0.2, 0.25) is 0 Å². The van der Waals surface area contributed by atoms with Gasteiger partial charge >= 0.3 is 0 Å². The van der Waals surface area contributed by atoms with Crippen LogP contribution >= 0.6 is 0 Å². The molecule has 2 heterocycles. The highest BCUT2D eigenvalue weighted by Gasteiger charge is 2.60. The maximum Gasteiger partial charge on any atom is 0.269 e. The van der Waals surface area contributed by atoms with Crippen LogP contribution in [0, 0.1) is 26.1 Å². The molecule has 0 aromatic heterocycles. The topological polar surface area (TPSA) is 136 Å². The maximum atomic E-state index is 13.5. The monoisotopic (exact) mass is 460 g/mol. The summed E-state index contributed by atoms with van der Waals surface area (Å²) in [6.45, 7) is 0. The van der Waals surface area contributed by atoms with Gasteiger partial charge in [0.2, 0.25) is 5.91 Å². The Morgan fingerprint density at radius 3 is 2.06 bits per heavy atom. The number of hydroxylamine groups is 1. The van der Waals surface area contributed by atoms with Crippen molar-refractivity contribution < 1.29 is 24.3 Å². The number of non-ortho nitro benzene ring substituents is 2. The van der Waals surface area contributed by atoms with E-state index in [4.69, 9.17) is 4.84 Å². The van der Waals surface area contributed by atoms with E-state index >= 15 is 0 Å². The molecule has 2 fully saturated rings. The Hall–Kier alpha value is -4.64. The molecule has 0 bridgehead atoms. The predicted octanol–water partition coefficient (Wildman–Crippen LogP) is 3.55. The van der Waals surface area contributed by atoms with Gasteiger partial charge < -0.3 is 0 Å². The Labute approximate surface area is 192 Å². The van der Waals surface area contributed by atoms with E-state index in [1.807, 2.05) is 0 Å². The van der Waals surface area contributed by atoms with Crippen molar-refractivity contribution in [3.63, 3.8) is 0 Å². The quantitative estimate of drug-likeness (QED) is 0.320. The average Bonchev–Trinajstić information content (AvgIpc) is 3.35. The van der Waals surface area contributed by atoms with Crippen LogP contribution in [-0.4, -0.2) is 27.8 Å². The lowest BCUT2D eigenvalue weighted by atomic mass is 9.90. The third kappa shape index (κ3) is 3.35. The van der Waals surface area contributed by atoms with Crippen molar-refractivity contribution in [3.05, 3.63) is 105 Å². The van der Waals surface area contributed by atoms with Crippen molar-refractivity contribution in [2.45, 2.75) is 12.1 Å². The fourth-order valence-electron chi connectivity index (χ4n) is 4.35. The van der Waals surface area contributed by atoms with Gasteiger partial charge in [0.15, 0.2) is 6.10 Å². The number of amides is 2. The number of hydrogen-bond donors (Lipinski definition) is 0.